The first-order valence-electron chi connectivity index (χ1n) is 11.8. The third kappa shape index (κ3) is 6.45. The van der Waals surface area contributed by atoms with E-state index >= 15 is 0 Å². The molecule has 1 aliphatic rings. The van der Waals surface area contributed by atoms with Gasteiger partial charge in [0.25, 0.3) is 5.91 Å². The van der Waals surface area contributed by atoms with Crippen LogP contribution in [0.1, 0.15) is 62.9 Å². The molecule has 1 fully saturated rings. The fourth-order valence-corrected chi connectivity index (χ4v) is 5.64. The average molecular weight is 486 g/mol. The summed E-state index contributed by atoms with van der Waals surface area (Å²) in [6, 6.07) is 14.5. The average Bonchev–Trinajstić information content (AvgIpc) is 2.80. The lowest BCUT2D eigenvalue weighted by atomic mass is 9.87. The molecule has 184 valence electrons. The van der Waals surface area contributed by atoms with Crippen molar-refractivity contribution in [1.82, 2.24) is 4.31 Å². The van der Waals surface area contributed by atoms with E-state index < -0.39 is 15.9 Å². The van der Waals surface area contributed by atoms with Gasteiger partial charge in [-0.05, 0) is 54.5 Å². The van der Waals surface area contributed by atoms with Crippen molar-refractivity contribution < 1.29 is 18.0 Å². The van der Waals surface area contributed by atoms with E-state index in [1.807, 2.05) is 19.1 Å². The van der Waals surface area contributed by atoms with Gasteiger partial charge >= 0.3 is 0 Å². The van der Waals surface area contributed by atoms with Crippen molar-refractivity contribution in [3.05, 3.63) is 59.7 Å². The van der Waals surface area contributed by atoms with Gasteiger partial charge in [-0.2, -0.15) is 0 Å². The third-order valence-corrected chi connectivity index (χ3v) is 8.10. The highest BCUT2D eigenvalue weighted by Crippen LogP contribution is 2.26. The minimum absolute atomic E-state index is 0.00351. The molecule has 1 unspecified atom stereocenters. The predicted molar refractivity (Wildman–Crippen MR) is 137 cm³/mol. The standard InChI is InChI=1S/C26H35N3O4S/c1-5-17-34(32,33)29-16-8-9-20(18-29)25(31)28-23-11-7-6-10-22(23)27-24(30)19-12-14-21(15-13-19)26(2,3)4/h6-7,10-15,20H,5,8-9,16-18H2,1-4H3,(H,27,30)(H,28,31). The number of benzene rings is 2. The van der Waals surface area contributed by atoms with E-state index in [0.29, 0.717) is 42.7 Å². The topological polar surface area (TPSA) is 95.6 Å². The van der Waals surface area contributed by atoms with Crippen molar-refractivity contribution in [3.63, 3.8) is 0 Å². The molecule has 8 heteroatoms. The summed E-state index contributed by atoms with van der Waals surface area (Å²) < 4.78 is 26.3. The smallest absolute Gasteiger partial charge is 0.255 e. The van der Waals surface area contributed by atoms with Crippen LogP contribution in [0.5, 0.6) is 0 Å². The molecule has 2 aromatic carbocycles. The van der Waals surface area contributed by atoms with E-state index in [0.717, 1.165) is 5.56 Å². The molecule has 1 saturated heterocycles. The van der Waals surface area contributed by atoms with Gasteiger partial charge in [0.15, 0.2) is 0 Å². The van der Waals surface area contributed by atoms with Crippen LogP contribution in [0.3, 0.4) is 0 Å². The SMILES string of the molecule is CCCS(=O)(=O)N1CCCC(C(=O)Nc2ccccc2NC(=O)c2ccc(C(C)(C)C)cc2)C1. The Morgan fingerprint density at radius 1 is 1.00 bits per heavy atom. The molecule has 2 amide bonds. The van der Waals surface area contributed by atoms with E-state index in [-0.39, 0.29) is 29.5 Å². The molecule has 1 aliphatic heterocycles. The summed E-state index contributed by atoms with van der Waals surface area (Å²) in [5.41, 5.74) is 2.64. The second kappa shape index (κ2) is 10.7. The minimum Gasteiger partial charge on any atom is -0.324 e. The number of nitrogens with one attached hydrogen (secondary N) is 2. The molecule has 0 aromatic heterocycles. The lowest BCUT2D eigenvalue weighted by Crippen LogP contribution is -2.44. The zero-order valence-corrected chi connectivity index (χ0v) is 21.2. The Labute approximate surface area is 203 Å². The Morgan fingerprint density at radius 3 is 2.21 bits per heavy atom. The van der Waals surface area contributed by atoms with Gasteiger partial charge < -0.3 is 10.6 Å². The monoisotopic (exact) mass is 485 g/mol. The molecular weight excluding hydrogens is 450 g/mol. The van der Waals surface area contributed by atoms with Crippen molar-refractivity contribution in [2.75, 3.05) is 29.5 Å². The van der Waals surface area contributed by atoms with Crippen LogP contribution in [0.15, 0.2) is 48.5 Å². The molecular formula is C26H35N3O4S. The summed E-state index contributed by atoms with van der Waals surface area (Å²) in [4.78, 5) is 25.8. The number of piperidine rings is 1. The quantitative estimate of drug-likeness (QED) is 0.598. The van der Waals surface area contributed by atoms with E-state index in [1.54, 1.807) is 36.4 Å². The third-order valence-electron chi connectivity index (χ3n) is 6.06. The molecule has 0 bridgehead atoms. The van der Waals surface area contributed by atoms with Crippen LogP contribution in [0, 0.1) is 5.92 Å². The van der Waals surface area contributed by atoms with Gasteiger partial charge in [-0.1, -0.05) is 52.0 Å². The molecule has 1 atom stereocenters. The largest absolute Gasteiger partial charge is 0.324 e. The van der Waals surface area contributed by atoms with Crippen LogP contribution in [-0.2, 0) is 20.2 Å². The van der Waals surface area contributed by atoms with Gasteiger partial charge in [-0.3, -0.25) is 9.59 Å². The zero-order chi connectivity index (χ0) is 24.9. The van der Waals surface area contributed by atoms with Crippen molar-refractivity contribution in [3.8, 4) is 0 Å². The number of nitrogens with zero attached hydrogens (tertiary/aromatic N) is 1. The molecule has 3 rings (SSSR count). The van der Waals surface area contributed by atoms with E-state index in [1.165, 1.54) is 4.31 Å². The highest BCUT2D eigenvalue weighted by atomic mass is 32.2. The Bertz CT molecular complexity index is 1120. The van der Waals surface area contributed by atoms with E-state index in [4.69, 9.17) is 0 Å². The van der Waals surface area contributed by atoms with E-state index in [2.05, 4.69) is 31.4 Å². The number of carbonyl (C=O) groups is 2. The lowest BCUT2D eigenvalue weighted by molar-refractivity contribution is -0.120. The number of carbonyl (C=O) groups excluding carboxylic acids is 2. The second-order valence-electron chi connectivity index (χ2n) is 9.83. The summed E-state index contributed by atoms with van der Waals surface area (Å²) in [5.74, 6) is -0.856. The molecule has 0 spiro atoms. The van der Waals surface area contributed by atoms with Crippen molar-refractivity contribution >= 4 is 33.2 Å². The maximum absolute atomic E-state index is 13.0. The molecule has 0 saturated carbocycles. The summed E-state index contributed by atoms with van der Waals surface area (Å²) >= 11 is 0. The minimum atomic E-state index is -3.34. The second-order valence-corrected chi connectivity index (χ2v) is 11.9. The first-order chi connectivity index (χ1) is 16.0. The zero-order valence-electron chi connectivity index (χ0n) is 20.4. The Morgan fingerprint density at radius 2 is 1.62 bits per heavy atom. The molecule has 1 heterocycles. The van der Waals surface area contributed by atoms with Gasteiger partial charge in [-0.25, -0.2) is 12.7 Å². The number of amides is 2. The predicted octanol–water partition coefficient (Wildman–Crippen LogP) is 4.63. The van der Waals surface area contributed by atoms with Crippen LogP contribution >= 0.6 is 0 Å². The maximum atomic E-state index is 13.0. The Kier molecular flexibility index (Phi) is 8.15. The van der Waals surface area contributed by atoms with Crippen molar-refractivity contribution in [2.24, 2.45) is 5.92 Å². The molecule has 0 aliphatic carbocycles. The lowest BCUT2D eigenvalue weighted by Gasteiger charge is -2.31. The number of anilines is 2. The first-order valence-corrected chi connectivity index (χ1v) is 13.4. The molecule has 2 aromatic rings. The summed E-state index contributed by atoms with van der Waals surface area (Å²) in [6.45, 7) is 8.81. The number of para-hydroxylation sites is 2. The van der Waals surface area contributed by atoms with E-state index in [9.17, 15) is 18.0 Å². The maximum Gasteiger partial charge on any atom is 0.255 e. The highest BCUT2D eigenvalue weighted by molar-refractivity contribution is 7.89. The van der Waals surface area contributed by atoms with Crippen LogP contribution in [0.4, 0.5) is 11.4 Å². The van der Waals surface area contributed by atoms with Gasteiger partial charge in [0, 0.05) is 18.7 Å². The Hall–Kier alpha value is -2.71. The van der Waals surface area contributed by atoms with Gasteiger partial charge in [-0.15, -0.1) is 0 Å². The van der Waals surface area contributed by atoms with Gasteiger partial charge in [0.2, 0.25) is 15.9 Å². The van der Waals surface area contributed by atoms with Crippen LogP contribution in [0.25, 0.3) is 0 Å². The van der Waals surface area contributed by atoms with Gasteiger partial charge in [0.1, 0.15) is 0 Å². The normalized spacial score (nSPS) is 17.2. The highest BCUT2D eigenvalue weighted by Gasteiger charge is 2.32. The number of sulfonamides is 1. The van der Waals surface area contributed by atoms with Crippen LogP contribution in [-0.4, -0.2) is 43.4 Å². The van der Waals surface area contributed by atoms with Crippen molar-refractivity contribution in [2.45, 2.75) is 52.4 Å². The van der Waals surface area contributed by atoms with Crippen LogP contribution in [0.2, 0.25) is 0 Å². The molecule has 34 heavy (non-hydrogen) atoms. The molecule has 7 nitrogen and oxygen atoms in total. The number of rotatable bonds is 7. The summed E-state index contributed by atoms with van der Waals surface area (Å²) in [6.07, 6.45) is 1.81. The number of hydrogen-bond acceptors (Lipinski definition) is 4. The summed E-state index contributed by atoms with van der Waals surface area (Å²) in [5, 5.41) is 5.78. The fraction of sp³-hybridized carbons (Fsp3) is 0.462. The summed E-state index contributed by atoms with van der Waals surface area (Å²) in [7, 11) is -3.34. The molecule has 2 N–H and O–H groups in total. The van der Waals surface area contributed by atoms with Crippen molar-refractivity contribution in [1.29, 1.82) is 0 Å². The number of hydrogen-bond donors (Lipinski definition) is 2. The van der Waals surface area contributed by atoms with Crippen LogP contribution < -0.4 is 10.6 Å². The Balaban J connectivity index is 1.69. The molecule has 0 radical (unpaired) electrons. The van der Waals surface area contributed by atoms with Gasteiger partial charge in [0.05, 0.1) is 23.0 Å². The fourth-order valence-electron chi connectivity index (χ4n) is 4.05. The first kappa shape index (κ1) is 25.9.